The first kappa shape index (κ1) is 31.8. The number of imidazole rings is 1. The number of alkyl halides is 5. The van der Waals surface area contributed by atoms with Crippen molar-refractivity contribution in [2.75, 3.05) is 26.3 Å². The van der Waals surface area contributed by atoms with Gasteiger partial charge in [0.2, 0.25) is 5.91 Å². The van der Waals surface area contributed by atoms with Crippen LogP contribution in [0.15, 0.2) is 29.4 Å². The van der Waals surface area contributed by atoms with Crippen molar-refractivity contribution in [2.45, 2.75) is 68.2 Å². The van der Waals surface area contributed by atoms with Crippen molar-refractivity contribution in [1.82, 2.24) is 29.4 Å². The maximum atomic E-state index is 16.1. The summed E-state index contributed by atoms with van der Waals surface area (Å²) >= 11 is 0. The minimum Gasteiger partial charge on any atom is -0.380 e. The van der Waals surface area contributed by atoms with Crippen LogP contribution in [0.25, 0.3) is 11.0 Å². The van der Waals surface area contributed by atoms with E-state index in [2.05, 4.69) is 19.8 Å². The van der Waals surface area contributed by atoms with Gasteiger partial charge in [0.05, 0.1) is 55.9 Å². The van der Waals surface area contributed by atoms with Crippen molar-refractivity contribution >= 4 is 27.0 Å². The SMILES string of the molecule is CCn1nccc1S(=O)(=O)N[C@H](c1nc2c(F)c([C@H]3COCC3C(=O)N3CC(F)(F)C3)ccc2[nH]1)C1CCC(C(F)(F)F)CC1. The number of hydrogen-bond donors (Lipinski definition) is 2. The van der Waals surface area contributed by atoms with Crippen LogP contribution in [0.1, 0.15) is 56.0 Å². The van der Waals surface area contributed by atoms with Crippen LogP contribution < -0.4 is 4.72 Å². The Balaban J connectivity index is 1.32. The fourth-order valence-corrected chi connectivity index (χ4v) is 8.14. The summed E-state index contributed by atoms with van der Waals surface area (Å²) in [5, 5.41) is 3.86. The molecule has 0 radical (unpaired) electrons. The average Bonchev–Trinajstić information content (AvgIpc) is 3.74. The van der Waals surface area contributed by atoms with Crippen LogP contribution in [-0.2, 0) is 26.1 Å². The number of carbonyl (C=O) groups is 1. The lowest BCUT2D eigenvalue weighted by molar-refractivity contribution is -0.184. The number of nitrogens with one attached hydrogen (secondary N) is 2. The van der Waals surface area contributed by atoms with E-state index in [-0.39, 0.29) is 72.9 Å². The highest BCUT2D eigenvalue weighted by molar-refractivity contribution is 7.89. The lowest BCUT2D eigenvalue weighted by Crippen LogP contribution is -2.60. The van der Waals surface area contributed by atoms with Crippen LogP contribution in [-0.4, -0.2) is 77.4 Å². The summed E-state index contributed by atoms with van der Waals surface area (Å²) in [6, 6.07) is 3.14. The molecule has 4 heterocycles. The zero-order valence-electron chi connectivity index (χ0n) is 24.2. The average molecular weight is 663 g/mol. The predicted octanol–water partition coefficient (Wildman–Crippen LogP) is 4.51. The van der Waals surface area contributed by atoms with Crippen molar-refractivity contribution < 1.29 is 44.3 Å². The number of aromatic amines is 1. The van der Waals surface area contributed by atoms with Gasteiger partial charge in [-0.15, -0.1) is 0 Å². The van der Waals surface area contributed by atoms with Crippen molar-refractivity contribution in [3.8, 4) is 0 Å². The number of benzene rings is 1. The van der Waals surface area contributed by atoms with E-state index in [4.69, 9.17) is 4.74 Å². The molecule has 3 fully saturated rings. The number of likely N-dealkylation sites (tertiary alicyclic amines) is 1. The van der Waals surface area contributed by atoms with Crippen LogP contribution in [0.3, 0.4) is 0 Å². The van der Waals surface area contributed by atoms with Crippen LogP contribution in [0, 0.1) is 23.6 Å². The number of ether oxygens (including phenoxy) is 1. The second kappa shape index (κ2) is 11.6. The highest BCUT2D eigenvalue weighted by atomic mass is 32.2. The molecule has 2 aromatic heterocycles. The second-order valence-electron chi connectivity index (χ2n) is 12.0. The molecule has 2 aliphatic heterocycles. The molecule has 1 unspecified atom stereocenters. The van der Waals surface area contributed by atoms with E-state index in [1.807, 2.05) is 0 Å². The van der Waals surface area contributed by atoms with Gasteiger partial charge in [0.1, 0.15) is 11.3 Å². The van der Waals surface area contributed by atoms with Crippen LogP contribution in [0.2, 0.25) is 0 Å². The summed E-state index contributed by atoms with van der Waals surface area (Å²) in [6.07, 6.45) is -3.35. The van der Waals surface area contributed by atoms with Crippen LogP contribution in [0.5, 0.6) is 0 Å². The lowest BCUT2D eigenvalue weighted by Gasteiger charge is -2.40. The van der Waals surface area contributed by atoms with Crippen LogP contribution in [0.4, 0.5) is 26.3 Å². The Kier molecular flexibility index (Phi) is 8.17. The molecule has 3 atom stereocenters. The molecule has 1 saturated carbocycles. The highest BCUT2D eigenvalue weighted by Gasteiger charge is 2.50. The Labute approximate surface area is 254 Å². The number of sulfonamides is 1. The molecule has 45 heavy (non-hydrogen) atoms. The van der Waals surface area contributed by atoms with Crippen molar-refractivity contribution in [2.24, 2.45) is 17.8 Å². The number of H-pyrrole nitrogens is 1. The Hall–Kier alpha value is -3.18. The van der Waals surface area contributed by atoms with Gasteiger partial charge in [-0.3, -0.25) is 9.48 Å². The predicted molar refractivity (Wildman–Crippen MR) is 147 cm³/mol. The summed E-state index contributed by atoms with van der Waals surface area (Å²) in [6.45, 7) is 0.455. The van der Waals surface area contributed by atoms with E-state index < -0.39 is 76.6 Å². The first-order valence-corrected chi connectivity index (χ1v) is 16.2. The molecule has 0 spiro atoms. The molecular weight excluding hydrogens is 630 g/mol. The standard InChI is InChI=1S/C28H32F6N6O4S/c1-2-40-21(9-10-35-40)45(42,43)38-23(15-3-5-16(6-4-15)28(32,33)34)25-36-20-8-7-17(22(29)24(20)37-25)18-11-44-12-19(18)26(41)39-13-27(30,31)14-39/h7-10,15-16,18-19,23,38H,2-6,11-14H2,1H3,(H,36,37)/t15?,16?,18-,19?,23+/m1/s1. The van der Waals surface area contributed by atoms with Gasteiger partial charge in [-0.1, -0.05) is 6.07 Å². The molecule has 6 rings (SSSR count). The van der Waals surface area contributed by atoms with Gasteiger partial charge in [0.25, 0.3) is 15.9 Å². The molecule has 3 aromatic rings. The molecular formula is C28H32F6N6O4S. The first-order chi connectivity index (χ1) is 21.2. The van der Waals surface area contributed by atoms with E-state index in [0.29, 0.717) is 0 Å². The molecule has 2 N–H and O–H groups in total. The molecule has 2 saturated heterocycles. The van der Waals surface area contributed by atoms with Gasteiger partial charge in [-0.05, 0) is 56.2 Å². The number of aryl methyl sites for hydroxylation is 1. The van der Waals surface area contributed by atoms with E-state index in [1.165, 1.54) is 29.1 Å². The minimum atomic E-state index is -4.37. The summed E-state index contributed by atoms with van der Waals surface area (Å²) < 4.78 is 119. The molecule has 0 bridgehead atoms. The molecule has 1 amide bonds. The Morgan fingerprint density at radius 2 is 1.87 bits per heavy atom. The number of hydrogen-bond acceptors (Lipinski definition) is 6. The fraction of sp³-hybridized carbons (Fsp3) is 0.607. The number of amides is 1. The molecule has 17 heteroatoms. The normalized spacial score (nSPS) is 26.2. The maximum absolute atomic E-state index is 16.1. The maximum Gasteiger partial charge on any atom is 0.391 e. The molecule has 1 aliphatic carbocycles. The summed E-state index contributed by atoms with van der Waals surface area (Å²) in [7, 11) is -4.24. The smallest absolute Gasteiger partial charge is 0.380 e. The number of nitrogens with zero attached hydrogens (tertiary/aromatic N) is 4. The van der Waals surface area contributed by atoms with Gasteiger partial charge >= 0.3 is 6.18 Å². The van der Waals surface area contributed by atoms with Gasteiger partial charge in [-0.2, -0.15) is 23.0 Å². The van der Waals surface area contributed by atoms with Crippen molar-refractivity contribution in [3.63, 3.8) is 0 Å². The largest absolute Gasteiger partial charge is 0.391 e. The Morgan fingerprint density at radius 1 is 1.16 bits per heavy atom. The lowest BCUT2D eigenvalue weighted by atomic mass is 9.78. The molecule has 10 nitrogen and oxygen atoms in total. The quantitative estimate of drug-likeness (QED) is 0.343. The second-order valence-corrected chi connectivity index (χ2v) is 13.7. The van der Waals surface area contributed by atoms with E-state index in [9.17, 15) is 35.2 Å². The topological polar surface area (TPSA) is 122 Å². The zero-order valence-corrected chi connectivity index (χ0v) is 25.0. The highest BCUT2D eigenvalue weighted by Crippen LogP contribution is 2.44. The third kappa shape index (κ3) is 6.05. The van der Waals surface area contributed by atoms with Gasteiger partial charge in [-0.25, -0.2) is 26.6 Å². The summed E-state index contributed by atoms with van der Waals surface area (Å²) in [5.74, 6) is -8.00. The van der Waals surface area contributed by atoms with E-state index >= 15 is 4.39 Å². The number of carbonyl (C=O) groups excluding carboxylic acids is 1. The first-order valence-electron chi connectivity index (χ1n) is 14.7. The molecule has 3 aliphatic rings. The Morgan fingerprint density at radius 3 is 2.51 bits per heavy atom. The fourth-order valence-electron chi connectivity index (χ4n) is 6.69. The zero-order chi connectivity index (χ0) is 32.3. The van der Waals surface area contributed by atoms with Gasteiger partial charge in [0.15, 0.2) is 10.8 Å². The monoisotopic (exact) mass is 662 g/mol. The summed E-state index contributed by atoms with van der Waals surface area (Å²) in [4.78, 5) is 21.3. The van der Waals surface area contributed by atoms with E-state index in [1.54, 1.807) is 6.92 Å². The van der Waals surface area contributed by atoms with E-state index in [0.717, 1.165) is 4.90 Å². The van der Waals surface area contributed by atoms with Crippen molar-refractivity contribution in [3.05, 3.63) is 41.6 Å². The van der Waals surface area contributed by atoms with Gasteiger partial charge in [0, 0.05) is 12.5 Å². The third-order valence-electron chi connectivity index (χ3n) is 9.13. The number of aromatic nitrogens is 4. The Bertz CT molecular complexity index is 1680. The van der Waals surface area contributed by atoms with Crippen molar-refractivity contribution in [1.29, 1.82) is 0 Å². The third-order valence-corrected chi connectivity index (χ3v) is 10.6. The number of fused-ring (bicyclic) bond motifs is 1. The number of rotatable bonds is 8. The number of halogens is 6. The summed E-state index contributed by atoms with van der Waals surface area (Å²) in [5.41, 5.74) is 0.156. The van der Waals surface area contributed by atoms with Crippen LogP contribution >= 0.6 is 0 Å². The molecule has 246 valence electrons. The minimum absolute atomic E-state index is 0.0175. The van der Waals surface area contributed by atoms with Gasteiger partial charge < -0.3 is 14.6 Å². The molecule has 1 aromatic carbocycles.